The number of hydrogen-bond acceptors (Lipinski definition) is 3. The summed E-state index contributed by atoms with van der Waals surface area (Å²) < 4.78 is 13.7. The average molecular weight is 313 g/mol. The number of unbranched alkanes of at least 4 members (excludes halogenated alkanes) is 1. The molecule has 1 rings (SSSR count). The van der Waals surface area contributed by atoms with Gasteiger partial charge in [0.25, 0.3) is 0 Å². The van der Waals surface area contributed by atoms with Gasteiger partial charge in [0.1, 0.15) is 5.82 Å². The van der Waals surface area contributed by atoms with E-state index in [1.165, 1.54) is 12.1 Å². The van der Waals surface area contributed by atoms with Crippen LogP contribution in [0, 0.1) is 5.82 Å². The highest BCUT2D eigenvalue weighted by Gasteiger charge is 2.14. The van der Waals surface area contributed by atoms with E-state index in [-0.39, 0.29) is 23.1 Å². The number of aliphatic carboxylic acids is 1. The molecule has 0 aliphatic heterocycles. The van der Waals surface area contributed by atoms with Crippen LogP contribution < -0.4 is 5.32 Å². The summed E-state index contributed by atoms with van der Waals surface area (Å²) in [4.78, 5) is 22.5. The first-order valence-electron chi connectivity index (χ1n) is 6.86. The molecule has 0 aromatic heterocycles. The number of hydrogen-bond donors (Lipinski definition) is 2. The van der Waals surface area contributed by atoms with Crippen molar-refractivity contribution in [3.63, 3.8) is 0 Å². The van der Waals surface area contributed by atoms with Gasteiger partial charge >= 0.3 is 5.97 Å². The molecule has 0 bridgehead atoms. The van der Waals surface area contributed by atoms with Crippen LogP contribution in [0.25, 0.3) is 0 Å². The highest BCUT2D eigenvalue weighted by Crippen LogP contribution is 2.18. The lowest BCUT2D eigenvalue weighted by molar-refractivity contribution is -0.136. The molecule has 0 radical (unpaired) electrons. The topological polar surface area (TPSA) is 66.4 Å². The normalized spacial score (nSPS) is 12.0. The number of amides is 1. The molecule has 4 nitrogen and oxygen atoms in total. The molecule has 6 heteroatoms. The van der Waals surface area contributed by atoms with Crippen molar-refractivity contribution in [2.45, 2.75) is 38.4 Å². The molecule has 0 spiro atoms. The molecule has 0 heterocycles. The predicted octanol–water partition coefficient (Wildman–Crippen LogP) is 3.31. The van der Waals surface area contributed by atoms with E-state index < -0.39 is 11.8 Å². The van der Waals surface area contributed by atoms with Gasteiger partial charge in [0, 0.05) is 5.69 Å². The predicted molar refractivity (Wildman–Crippen MR) is 83.2 cm³/mol. The Labute approximate surface area is 128 Å². The van der Waals surface area contributed by atoms with Crippen molar-refractivity contribution in [1.29, 1.82) is 0 Å². The molecule has 1 amide bonds. The molecular weight excluding hydrogens is 293 g/mol. The second kappa shape index (κ2) is 8.67. The number of thioether (sulfide) groups is 1. The minimum Gasteiger partial charge on any atom is -0.481 e. The number of halogens is 1. The van der Waals surface area contributed by atoms with Crippen molar-refractivity contribution in [2.24, 2.45) is 0 Å². The van der Waals surface area contributed by atoms with Gasteiger partial charge in [-0.1, -0.05) is 19.4 Å². The highest BCUT2D eigenvalue weighted by atomic mass is 32.2. The Morgan fingerprint density at radius 3 is 2.71 bits per heavy atom. The van der Waals surface area contributed by atoms with E-state index in [0.29, 0.717) is 5.69 Å². The molecule has 1 atom stereocenters. The zero-order valence-corrected chi connectivity index (χ0v) is 13.0. The SMILES string of the molecule is CCCCSC(C)C(=O)Nc1ccc(CC(=O)O)c(F)c1. The number of carboxylic acids is 1. The summed E-state index contributed by atoms with van der Waals surface area (Å²) in [5.41, 5.74) is 0.445. The number of carbonyl (C=O) groups excluding carboxylic acids is 1. The molecule has 0 aliphatic rings. The lowest BCUT2D eigenvalue weighted by atomic mass is 10.1. The Hall–Kier alpha value is -1.56. The van der Waals surface area contributed by atoms with Crippen LogP contribution in [0.15, 0.2) is 18.2 Å². The minimum absolute atomic E-state index is 0.103. The lowest BCUT2D eigenvalue weighted by Crippen LogP contribution is -2.23. The molecule has 1 unspecified atom stereocenters. The maximum atomic E-state index is 13.7. The molecule has 116 valence electrons. The summed E-state index contributed by atoms with van der Waals surface area (Å²) in [6, 6.07) is 4.05. The van der Waals surface area contributed by atoms with Crippen LogP contribution in [0.3, 0.4) is 0 Å². The minimum atomic E-state index is -1.09. The van der Waals surface area contributed by atoms with Crippen molar-refractivity contribution < 1.29 is 19.1 Å². The fourth-order valence-electron chi connectivity index (χ4n) is 1.66. The standard InChI is InChI=1S/C15H20FNO3S/c1-3-4-7-21-10(2)15(20)17-12-6-5-11(8-14(18)19)13(16)9-12/h5-6,9-10H,3-4,7-8H2,1-2H3,(H,17,20)(H,18,19). The van der Waals surface area contributed by atoms with Crippen LogP contribution >= 0.6 is 11.8 Å². The van der Waals surface area contributed by atoms with Crippen LogP contribution in [0.1, 0.15) is 32.3 Å². The van der Waals surface area contributed by atoms with Gasteiger partial charge in [0.05, 0.1) is 11.7 Å². The van der Waals surface area contributed by atoms with Crippen LogP contribution in [0.4, 0.5) is 10.1 Å². The molecule has 0 saturated carbocycles. The molecule has 0 saturated heterocycles. The van der Waals surface area contributed by atoms with Crippen molar-refractivity contribution in [1.82, 2.24) is 0 Å². The first-order chi connectivity index (χ1) is 9.93. The maximum Gasteiger partial charge on any atom is 0.307 e. The van der Waals surface area contributed by atoms with Crippen molar-refractivity contribution >= 4 is 29.3 Å². The fraction of sp³-hybridized carbons (Fsp3) is 0.467. The molecule has 21 heavy (non-hydrogen) atoms. The Balaban J connectivity index is 2.60. The molecular formula is C15H20FNO3S. The summed E-state index contributed by atoms with van der Waals surface area (Å²) in [7, 11) is 0. The Morgan fingerprint density at radius 2 is 2.14 bits per heavy atom. The van der Waals surface area contributed by atoms with Crippen LogP contribution in [0.5, 0.6) is 0 Å². The zero-order valence-electron chi connectivity index (χ0n) is 12.2. The summed E-state index contributed by atoms with van der Waals surface area (Å²) in [6.07, 6.45) is 1.77. The molecule has 0 aliphatic carbocycles. The Kier molecular flexibility index (Phi) is 7.22. The average Bonchev–Trinajstić information content (AvgIpc) is 2.41. The summed E-state index contributed by atoms with van der Waals surface area (Å²) in [5.74, 6) is -0.980. The van der Waals surface area contributed by atoms with Gasteiger partial charge in [-0.05, 0) is 36.8 Å². The number of benzene rings is 1. The van der Waals surface area contributed by atoms with Gasteiger partial charge in [-0.2, -0.15) is 0 Å². The van der Waals surface area contributed by atoms with Gasteiger partial charge in [-0.3, -0.25) is 9.59 Å². The van der Waals surface area contributed by atoms with Gasteiger partial charge in [-0.25, -0.2) is 4.39 Å². The first-order valence-corrected chi connectivity index (χ1v) is 7.91. The van der Waals surface area contributed by atoms with Crippen LogP contribution in [-0.4, -0.2) is 28.0 Å². The molecule has 1 aromatic carbocycles. The number of nitrogens with one attached hydrogen (secondary N) is 1. The van der Waals surface area contributed by atoms with Crippen LogP contribution in [0.2, 0.25) is 0 Å². The third-order valence-corrected chi connectivity index (χ3v) is 4.14. The van der Waals surface area contributed by atoms with E-state index in [9.17, 15) is 14.0 Å². The second-order valence-electron chi connectivity index (χ2n) is 4.73. The summed E-state index contributed by atoms with van der Waals surface area (Å²) in [6.45, 7) is 3.90. The third kappa shape index (κ3) is 6.16. The molecule has 0 fully saturated rings. The van der Waals surface area contributed by atoms with Gasteiger partial charge < -0.3 is 10.4 Å². The Morgan fingerprint density at radius 1 is 1.43 bits per heavy atom. The van der Waals surface area contributed by atoms with Gasteiger partial charge in [-0.15, -0.1) is 11.8 Å². The number of anilines is 1. The fourth-order valence-corrected chi connectivity index (χ4v) is 2.67. The molecule has 1 aromatic rings. The van der Waals surface area contributed by atoms with E-state index in [1.54, 1.807) is 11.8 Å². The molecule has 2 N–H and O–H groups in total. The zero-order chi connectivity index (χ0) is 15.8. The van der Waals surface area contributed by atoms with Gasteiger partial charge in [0.2, 0.25) is 5.91 Å². The van der Waals surface area contributed by atoms with E-state index in [4.69, 9.17) is 5.11 Å². The lowest BCUT2D eigenvalue weighted by Gasteiger charge is -2.12. The largest absolute Gasteiger partial charge is 0.481 e. The number of rotatable bonds is 8. The van der Waals surface area contributed by atoms with Crippen molar-refractivity contribution in [2.75, 3.05) is 11.1 Å². The Bertz CT molecular complexity index is 508. The van der Waals surface area contributed by atoms with E-state index in [1.807, 2.05) is 6.92 Å². The first kappa shape index (κ1) is 17.5. The van der Waals surface area contributed by atoms with E-state index in [2.05, 4.69) is 12.2 Å². The summed E-state index contributed by atoms with van der Waals surface area (Å²) in [5, 5.41) is 11.1. The monoisotopic (exact) mass is 313 g/mol. The third-order valence-electron chi connectivity index (χ3n) is 2.90. The van der Waals surface area contributed by atoms with Crippen molar-refractivity contribution in [3.8, 4) is 0 Å². The summed E-state index contributed by atoms with van der Waals surface area (Å²) >= 11 is 1.56. The van der Waals surface area contributed by atoms with E-state index >= 15 is 0 Å². The van der Waals surface area contributed by atoms with Crippen molar-refractivity contribution in [3.05, 3.63) is 29.6 Å². The van der Waals surface area contributed by atoms with Gasteiger partial charge in [0.15, 0.2) is 0 Å². The highest BCUT2D eigenvalue weighted by molar-refractivity contribution is 8.00. The second-order valence-corrected chi connectivity index (χ2v) is 6.18. The quantitative estimate of drug-likeness (QED) is 0.723. The van der Waals surface area contributed by atoms with E-state index in [0.717, 1.165) is 24.7 Å². The van der Waals surface area contributed by atoms with Crippen LogP contribution in [-0.2, 0) is 16.0 Å². The number of carboxylic acid groups (broad SMARTS) is 1. The maximum absolute atomic E-state index is 13.7. The smallest absolute Gasteiger partial charge is 0.307 e. The number of carbonyl (C=O) groups is 2.